The van der Waals surface area contributed by atoms with Gasteiger partial charge in [0, 0.05) is 11.1 Å². The molecule has 29 heavy (non-hydrogen) atoms. The standard InChI is InChI=1S/C22H21N5O2/c1-3-28-17-9-5-4-8-16(17)27-21-19(23)22(25-13-24-21)29-18-10-6-7-15-12-11-14(2)26-20(15)18/h4-13H,3,23H2,1-2H3,(H,24,25,27). The van der Waals surface area contributed by atoms with Gasteiger partial charge in [0.15, 0.2) is 11.6 Å². The zero-order chi connectivity index (χ0) is 20.2. The molecule has 0 aliphatic carbocycles. The van der Waals surface area contributed by atoms with Gasteiger partial charge in [0.05, 0.1) is 12.3 Å². The van der Waals surface area contributed by atoms with Crippen LogP contribution in [0.3, 0.4) is 0 Å². The average Bonchev–Trinajstić information content (AvgIpc) is 2.73. The molecule has 7 nitrogen and oxygen atoms in total. The normalized spacial score (nSPS) is 10.7. The van der Waals surface area contributed by atoms with E-state index in [0.717, 1.165) is 22.3 Å². The lowest BCUT2D eigenvalue weighted by molar-refractivity contribution is 0.342. The molecule has 3 N–H and O–H groups in total. The largest absolute Gasteiger partial charge is 0.492 e. The maximum atomic E-state index is 6.30. The third kappa shape index (κ3) is 3.89. The molecule has 7 heteroatoms. The van der Waals surface area contributed by atoms with E-state index < -0.39 is 0 Å². The fourth-order valence-corrected chi connectivity index (χ4v) is 2.94. The molecule has 0 bridgehead atoms. The summed E-state index contributed by atoms with van der Waals surface area (Å²) >= 11 is 0. The van der Waals surface area contributed by atoms with E-state index in [4.69, 9.17) is 15.2 Å². The zero-order valence-electron chi connectivity index (χ0n) is 16.2. The van der Waals surface area contributed by atoms with Crippen LogP contribution in [0.1, 0.15) is 12.6 Å². The van der Waals surface area contributed by atoms with Crippen molar-refractivity contribution in [2.75, 3.05) is 17.7 Å². The number of anilines is 3. The van der Waals surface area contributed by atoms with Gasteiger partial charge in [0.2, 0.25) is 5.88 Å². The van der Waals surface area contributed by atoms with E-state index >= 15 is 0 Å². The Morgan fingerprint density at radius 1 is 0.966 bits per heavy atom. The lowest BCUT2D eigenvalue weighted by Gasteiger charge is -2.15. The number of rotatable bonds is 6. The summed E-state index contributed by atoms with van der Waals surface area (Å²) in [4.78, 5) is 13.0. The number of nitrogens with two attached hydrogens (primary N) is 1. The molecular formula is C22H21N5O2. The van der Waals surface area contributed by atoms with E-state index in [-0.39, 0.29) is 5.88 Å². The highest BCUT2D eigenvalue weighted by molar-refractivity contribution is 5.85. The quantitative estimate of drug-likeness (QED) is 0.488. The minimum atomic E-state index is 0.257. The van der Waals surface area contributed by atoms with Gasteiger partial charge in [0.1, 0.15) is 23.3 Å². The van der Waals surface area contributed by atoms with Gasteiger partial charge in [-0.1, -0.05) is 30.3 Å². The van der Waals surface area contributed by atoms with E-state index in [2.05, 4.69) is 20.3 Å². The number of benzene rings is 2. The Bertz CT molecular complexity index is 1160. The summed E-state index contributed by atoms with van der Waals surface area (Å²) in [5, 5.41) is 4.18. The van der Waals surface area contributed by atoms with Gasteiger partial charge < -0.3 is 20.5 Å². The van der Waals surface area contributed by atoms with Crippen LogP contribution in [0, 0.1) is 6.92 Å². The Morgan fingerprint density at radius 3 is 2.66 bits per heavy atom. The predicted octanol–water partition coefficient (Wildman–Crippen LogP) is 4.85. The fraction of sp³-hybridized carbons (Fsp3) is 0.136. The minimum absolute atomic E-state index is 0.257. The van der Waals surface area contributed by atoms with Gasteiger partial charge in [-0.25, -0.2) is 9.97 Å². The van der Waals surface area contributed by atoms with Crippen LogP contribution in [0.15, 0.2) is 60.9 Å². The number of nitrogen functional groups attached to an aromatic ring is 1. The lowest BCUT2D eigenvalue weighted by atomic mass is 10.2. The average molecular weight is 387 g/mol. The molecule has 2 aromatic heterocycles. The second-order valence-electron chi connectivity index (χ2n) is 6.38. The van der Waals surface area contributed by atoms with Gasteiger partial charge in [-0.05, 0) is 38.1 Å². The molecule has 4 rings (SSSR count). The molecule has 0 fully saturated rings. The molecule has 0 saturated carbocycles. The van der Waals surface area contributed by atoms with Crippen molar-refractivity contribution in [1.29, 1.82) is 0 Å². The number of aryl methyl sites for hydroxylation is 1. The van der Waals surface area contributed by atoms with Crippen molar-refractivity contribution in [3.63, 3.8) is 0 Å². The van der Waals surface area contributed by atoms with Gasteiger partial charge in [-0.3, -0.25) is 0 Å². The van der Waals surface area contributed by atoms with Crippen LogP contribution >= 0.6 is 0 Å². The highest BCUT2D eigenvalue weighted by Gasteiger charge is 2.14. The molecule has 0 unspecified atom stereocenters. The SMILES string of the molecule is CCOc1ccccc1Nc1ncnc(Oc2cccc3ccc(C)nc23)c1N. The third-order valence-electron chi connectivity index (χ3n) is 4.32. The first kappa shape index (κ1) is 18.5. The zero-order valence-corrected chi connectivity index (χ0v) is 16.2. The molecule has 146 valence electrons. The van der Waals surface area contributed by atoms with Crippen molar-refractivity contribution >= 4 is 28.1 Å². The van der Waals surface area contributed by atoms with Crippen molar-refractivity contribution in [1.82, 2.24) is 15.0 Å². The summed E-state index contributed by atoms with van der Waals surface area (Å²) in [6, 6.07) is 17.3. The van der Waals surface area contributed by atoms with E-state index in [1.54, 1.807) is 0 Å². The van der Waals surface area contributed by atoms with E-state index in [1.807, 2.05) is 68.4 Å². The number of hydrogen-bond acceptors (Lipinski definition) is 7. The molecule has 4 aromatic rings. The molecule has 0 radical (unpaired) electrons. The van der Waals surface area contributed by atoms with Gasteiger partial charge in [-0.2, -0.15) is 4.98 Å². The molecular weight excluding hydrogens is 366 g/mol. The van der Waals surface area contributed by atoms with Crippen molar-refractivity contribution in [3.8, 4) is 17.4 Å². The second-order valence-corrected chi connectivity index (χ2v) is 6.38. The van der Waals surface area contributed by atoms with E-state index in [0.29, 0.717) is 29.6 Å². The van der Waals surface area contributed by atoms with Gasteiger partial charge in [0.25, 0.3) is 0 Å². The molecule has 0 amide bonds. The molecule has 0 aliphatic heterocycles. The van der Waals surface area contributed by atoms with E-state index in [1.165, 1.54) is 6.33 Å². The van der Waals surface area contributed by atoms with Gasteiger partial charge >= 0.3 is 0 Å². The number of fused-ring (bicyclic) bond motifs is 1. The number of nitrogens with zero attached hydrogens (tertiary/aromatic N) is 3. The highest BCUT2D eigenvalue weighted by atomic mass is 16.5. The van der Waals surface area contributed by atoms with Crippen LogP contribution in [-0.4, -0.2) is 21.6 Å². The van der Waals surface area contributed by atoms with Crippen LogP contribution < -0.4 is 20.5 Å². The molecule has 0 spiro atoms. The Labute approximate surface area is 168 Å². The summed E-state index contributed by atoms with van der Waals surface area (Å²) in [6.07, 6.45) is 1.40. The second kappa shape index (κ2) is 8.02. The maximum absolute atomic E-state index is 6.30. The van der Waals surface area contributed by atoms with Crippen molar-refractivity contribution in [2.24, 2.45) is 0 Å². The maximum Gasteiger partial charge on any atom is 0.248 e. The summed E-state index contributed by atoms with van der Waals surface area (Å²) < 4.78 is 11.7. The first-order valence-electron chi connectivity index (χ1n) is 9.29. The third-order valence-corrected chi connectivity index (χ3v) is 4.32. The van der Waals surface area contributed by atoms with Crippen molar-refractivity contribution < 1.29 is 9.47 Å². The van der Waals surface area contributed by atoms with Gasteiger partial charge in [-0.15, -0.1) is 0 Å². The molecule has 0 aliphatic rings. The smallest absolute Gasteiger partial charge is 0.248 e. The molecule has 0 atom stereocenters. The number of ether oxygens (including phenoxy) is 2. The molecule has 2 aromatic carbocycles. The Morgan fingerprint density at radius 2 is 1.79 bits per heavy atom. The van der Waals surface area contributed by atoms with Crippen molar-refractivity contribution in [3.05, 3.63) is 66.6 Å². The summed E-state index contributed by atoms with van der Waals surface area (Å²) in [5.74, 6) is 1.99. The summed E-state index contributed by atoms with van der Waals surface area (Å²) in [5.41, 5.74) is 9.01. The number of aromatic nitrogens is 3. The number of pyridine rings is 1. The molecule has 0 saturated heterocycles. The number of hydrogen-bond donors (Lipinski definition) is 2. The van der Waals surface area contributed by atoms with Crippen LogP contribution in [0.5, 0.6) is 17.4 Å². The van der Waals surface area contributed by atoms with E-state index in [9.17, 15) is 0 Å². The van der Waals surface area contributed by atoms with Crippen LogP contribution in [0.25, 0.3) is 10.9 Å². The Kier molecular flexibility index (Phi) is 5.11. The predicted molar refractivity (Wildman–Crippen MR) is 114 cm³/mol. The minimum Gasteiger partial charge on any atom is -0.492 e. The Balaban J connectivity index is 1.67. The number of nitrogens with one attached hydrogen (secondary N) is 1. The monoisotopic (exact) mass is 387 g/mol. The fourth-order valence-electron chi connectivity index (χ4n) is 2.94. The lowest BCUT2D eigenvalue weighted by Crippen LogP contribution is -2.04. The van der Waals surface area contributed by atoms with Crippen molar-refractivity contribution in [2.45, 2.75) is 13.8 Å². The first-order chi connectivity index (χ1) is 14.2. The Hall–Kier alpha value is -3.87. The van der Waals surface area contributed by atoms with Crippen LogP contribution in [0.2, 0.25) is 0 Å². The van der Waals surface area contributed by atoms with Crippen LogP contribution in [0.4, 0.5) is 17.2 Å². The topological polar surface area (TPSA) is 95.2 Å². The van der Waals surface area contributed by atoms with Crippen LogP contribution in [-0.2, 0) is 0 Å². The summed E-state index contributed by atoms with van der Waals surface area (Å²) in [6.45, 7) is 4.43. The summed E-state index contributed by atoms with van der Waals surface area (Å²) in [7, 11) is 0. The number of para-hydroxylation sites is 3. The highest BCUT2D eigenvalue weighted by Crippen LogP contribution is 2.35. The molecule has 2 heterocycles. The first-order valence-corrected chi connectivity index (χ1v) is 9.29.